The largest absolute Gasteiger partial charge is 0.468 e. The van der Waals surface area contributed by atoms with E-state index in [-0.39, 0.29) is 25.8 Å². The van der Waals surface area contributed by atoms with E-state index >= 15 is 0 Å². The first kappa shape index (κ1) is 29.3. The first-order valence-electron chi connectivity index (χ1n) is 14.3. The van der Waals surface area contributed by atoms with Crippen LogP contribution < -0.4 is 9.47 Å². The summed E-state index contributed by atoms with van der Waals surface area (Å²) in [6, 6.07) is 30.5. The average molecular weight is 593 g/mol. The van der Waals surface area contributed by atoms with E-state index < -0.39 is 0 Å². The molecule has 0 N–H and O–H groups in total. The molecule has 2 aliphatic heterocycles. The van der Waals surface area contributed by atoms with Crippen LogP contribution in [-0.4, -0.2) is 64.7 Å². The maximum absolute atomic E-state index is 5.57. The van der Waals surface area contributed by atoms with Crippen LogP contribution in [0, 0.1) is 0 Å². The van der Waals surface area contributed by atoms with Crippen LogP contribution in [0.1, 0.15) is 11.1 Å². The minimum absolute atomic E-state index is 0.207. The van der Waals surface area contributed by atoms with Gasteiger partial charge in [0.15, 0.2) is 13.6 Å². The molecule has 0 aromatic heterocycles. The van der Waals surface area contributed by atoms with Gasteiger partial charge in [0.05, 0.1) is 49.2 Å². The first-order valence-corrected chi connectivity index (χ1v) is 14.3. The molecule has 0 aliphatic carbocycles. The van der Waals surface area contributed by atoms with Crippen LogP contribution in [0.15, 0.2) is 117 Å². The van der Waals surface area contributed by atoms with Crippen LogP contribution in [-0.2, 0) is 18.9 Å². The lowest BCUT2D eigenvalue weighted by atomic mass is 10.2. The fourth-order valence-electron chi connectivity index (χ4n) is 3.83. The van der Waals surface area contributed by atoms with Crippen molar-refractivity contribution in [3.05, 3.63) is 108 Å². The van der Waals surface area contributed by atoms with E-state index in [1.165, 1.54) is 0 Å². The number of epoxide rings is 2. The molecule has 2 fully saturated rings. The van der Waals surface area contributed by atoms with Crippen molar-refractivity contribution in [2.45, 2.75) is 12.2 Å². The number of hydrogen-bond donors (Lipinski definition) is 0. The number of benzene rings is 4. The maximum atomic E-state index is 5.57. The highest BCUT2D eigenvalue weighted by Crippen LogP contribution is 2.24. The van der Waals surface area contributed by atoms with E-state index in [1.54, 1.807) is 12.4 Å². The van der Waals surface area contributed by atoms with Crippen molar-refractivity contribution in [3.8, 4) is 11.5 Å². The van der Waals surface area contributed by atoms with E-state index in [1.807, 2.05) is 97.1 Å². The Bertz CT molecular complexity index is 1430. The molecule has 4 aromatic carbocycles. The molecule has 2 heterocycles. The molecule has 4 aromatic rings. The Labute approximate surface area is 255 Å². The van der Waals surface area contributed by atoms with Gasteiger partial charge < -0.3 is 28.4 Å². The summed E-state index contributed by atoms with van der Waals surface area (Å²) >= 11 is 0. The van der Waals surface area contributed by atoms with E-state index in [2.05, 4.69) is 20.2 Å². The maximum Gasteiger partial charge on any atom is 0.189 e. The Balaban J connectivity index is 0.929. The molecule has 10 nitrogen and oxygen atoms in total. The quantitative estimate of drug-likeness (QED) is 0.0451. The van der Waals surface area contributed by atoms with Gasteiger partial charge in [-0.1, -0.05) is 0 Å². The summed E-state index contributed by atoms with van der Waals surface area (Å²) in [7, 11) is 0. The lowest BCUT2D eigenvalue weighted by Crippen LogP contribution is -2.07. The average Bonchev–Trinajstić information content (AvgIpc) is 4.01. The third-order valence-electron chi connectivity index (χ3n) is 6.50. The molecule has 0 spiro atoms. The molecule has 0 saturated carbocycles. The molecule has 0 bridgehead atoms. The van der Waals surface area contributed by atoms with Gasteiger partial charge in [0.25, 0.3) is 0 Å². The molecular weight excluding hydrogens is 560 g/mol. The third kappa shape index (κ3) is 9.92. The molecule has 0 radical (unpaired) electrons. The SMILES string of the molecule is C(=Nc1ccc(N=Nc2ccc(N=Cc3ccc(OCOCC4CO4)cc3)cc2)cc1)c1ccc(OCOCC2CO2)cc1. The van der Waals surface area contributed by atoms with Gasteiger partial charge in [0.1, 0.15) is 23.7 Å². The lowest BCUT2D eigenvalue weighted by Gasteiger charge is -2.06. The number of aliphatic imine (C=N–C) groups is 2. The van der Waals surface area contributed by atoms with Gasteiger partial charge >= 0.3 is 0 Å². The van der Waals surface area contributed by atoms with Gasteiger partial charge in [0.2, 0.25) is 0 Å². The molecule has 0 amide bonds. The van der Waals surface area contributed by atoms with Crippen molar-refractivity contribution < 1.29 is 28.4 Å². The second-order valence-electron chi connectivity index (χ2n) is 10.1. The smallest absolute Gasteiger partial charge is 0.189 e. The minimum atomic E-state index is 0.207. The normalized spacial score (nSPS) is 17.5. The van der Waals surface area contributed by atoms with Crippen molar-refractivity contribution >= 4 is 35.2 Å². The zero-order valence-corrected chi connectivity index (χ0v) is 24.0. The van der Waals surface area contributed by atoms with Gasteiger partial charge in [-0.3, -0.25) is 9.98 Å². The Kier molecular flexibility index (Phi) is 10.1. The highest BCUT2D eigenvalue weighted by molar-refractivity contribution is 5.82. The van der Waals surface area contributed by atoms with E-state index in [4.69, 9.17) is 28.4 Å². The van der Waals surface area contributed by atoms with E-state index in [0.717, 1.165) is 58.6 Å². The summed E-state index contributed by atoms with van der Waals surface area (Å²) in [5.41, 5.74) is 5.03. The molecule has 2 saturated heterocycles. The van der Waals surface area contributed by atoms with Gasteiger partial charge in [-0.25, -0.2) is 0 Å². The Morgan fingerprint density at radius 3 is 1.25 bits per heavy atom. The molecule has 44 heavy (non-hydrogen) atoms. The minimum Gasteiger partial charge on any atom is -0.468 e. The van der Waals surface area contributed by atoms with Gasteiger partial charge in [0, 0.05) is 12.4 Å². The summed E-state index contributed by atoms with van der Waals surface area (Å²) in [4.78, 5) is 9.08. The van der Waals surface area contributed by atoms with Crippen molar-refractivity contribution in [2.24, 2.45) is 20.2 Å². The van der Waals surface area contributed by atoms with Crippen molar-refractivity contribution in [1.29, 1.82) is 0 Å². The summed E-state index contributed by atoms with van der Waals surface area (Å²) < 4.78 is 32.1. The predicted molar refractivity (Wildman–Crippen MR) is 167 cm³/mol. The topological polar surface area (TPSA) is 111 Å². The molecule has 224 valence electrons. The van der Waals surface area contributed by atoms with Gasteiger partial charge in [-0.05, 0) is 108 Å². The number of azo groups is 1. The number of ether oxygens (including phenoxy) is 6. The third-order valence-corrected chi connectivity index (χ3v) is 6.50. The molecular formula is C34H32N4O6. The molecule has 2 unspecified atom stereocenters. The summed E-state index contributed by atoms with van der Waals surface area (Å²) in [5.74, 6) is 1.48. The second kappa shape index (κ2) is 15.1. The first-order chi connectivity index (χ1) is 21.7. The fourth-order valence-corrected chi connectivity index (χ4v) is 3.83. The van der Waals surface area contributed by atoms with Crippen LogP contribution in [0.25, 0.3) is 0 Å². The highest BCUT2D eigenvalue weighted by atomic mass is 16.7. The highest BCUT2D eigenvalue weighted by Gasteiger charge is 2.22. The summed E-state index contributed by atoms with van der Waals surface area (Å²) in [6.45, 7) is 3.09. The van der Waals surface area contributed by atoms with Crippen LogP contribution in [0.5, 0.6) is 11.5 Å². The van der Waals surface area contributed by atoms with Crippen LogP contribution in [0.2, 0.25) is 0 Å². The van der Waals surface area contributed by atoms with E-state index in [9.17, 15) is 0 Å². The van der Waals surface area contributed by atoms with Gasteiger partial charge in [-0.15, -0.1) is 0 Å². The standard InChI is InChI=1S/C34H32N4O6/c1-13-31(43-23-39-19-33-21-41-33)14-2-25(1)17-35-27-5-9-29(10-6-27)37-38-30-11-7-28(8-12-30)36-18-26-3-15-32(16-4-26)44-24-40-20-34-22-42-34/h1-18,33-34H,19-24H2. The van der Waals surface area contributed by atoms with Crippen molar-refractivity contribution in [3.63, 3.8) is 0 Å². The van der Waals surface area contributed by atoms with Crippen LogP contribution >= 0.6 is 0 Å². The molecule has 2 aliphatic rings. The van der Waals surface area contributed by atoms with Crippen LogP contribution in [0.3, 0.4) is 0 Å². The van der Waals surface area contributed by atoms with Crippen LogP contribution in [0.4, 0.5) is 22.7 Å². The fraction of sp³-hybridized carbons (Fsp3) is 0.235. The summed E-state index contributed by atoms with van der Waals surface area (Å²) in [5, 5.41) is 8.67. The molecule has 10 heteroatoms. The lowest BCUT2D eigenvalue weighted by molar-refractivity contribution is 0.00809. The van der Waals surface area contributed by atoms with Crippen molar-refractivity contribution in [2.75, 3.05) is 40.0 Å². The number of rotatable bonds is 16. The second-order valence-corrected chi connectivity index (χ2v) is 10.1. The summed E-state index contributed by atoms with van der Waals surface area (Å²) in [6.07, 6.45) is 4.07. The number of nitrogens with zero attached hydrogens (tertiary/aromatic N) is 4. The zero-order valence-electron chi connectivity index (χ0n) is 24.0. The molecule has 6 rings (SSSR count). The Morgan fingerprint density at radius 1 is 0.523 bits per heavy atom. The monoisotopic (exact) mass is 592 g/mol. The number of hydrogen-bond acceptors (Lipinski definition) is 10. The van der Waals surface area contributed by atoms with Crippen molar-refractivity contribution in [1.82, 2.24) is 0 Å². The molecule has 2 atom stereocenters. The zero-order chi connectivity index (χ0) is 29.8. The van der Waals surface area contributed by atoms with E-state index in [0.29, 0.717) is 13.2 Å². The Hall–Kier alpha value is -4.74. The predicted octanol–water partition coefficient (Wildman–Crippen LogP) is 7.11. The Morgan fingerprint density at radius 2 is 0.886 bits per heavy atom. The van der Waals surface area contributed by atoms with Gasteiger partial charge in [-0.2, -0.15) is 10.2 Å².